The van der Waals surface area contributed by atoms with Crippen molar-refractivity contribution in [2.24, 2.45) is 0 Å². The molecule has 0 saturated heterocycles. The third kappa shape index (κ3) is 14.6. The van der Waals surface area contributed by atoms with Crippen LogP contribution in [0.3, 0.4) is 0 Å². The van der Waals surface area contributed by atoms with Gasteiger partial charge in [-0.05, 0) is 59.1 Å². The van der Waals surface area contributed by atoms with Crippen molar-refractivity contribution in [3.8, 4) is 11.3 Å². The molecular formula is C34H36BClN6O14. The van der Waals surface area contributed by atoms with Gasteiger partial charge in [0.15, 0.2) is 5.15 Å². The van der Waals surface area contributed by atoms with Crippen LogP contribution >= 0.6 is 11.6 Å². The molecule has 0 aliphatic heterocycles. The van der Waals surface area contributed by atoms with Crippen molar-refractivity contribution in [3.05, 3.63) is 110 Å². The lowest BCUT2D eigenvalue weighted by Crippen LogP contribution is -2.29. The number of nitrogens with one attached hydrogen (secondary N) is 2. The number of carboxylic acids is 2. The molecule has 2 aromatic heterocycles. The SMILES string of the molecule is CC(C)(C)OC(=O)Nc1c(C(=O)O)ccnc1-c1cccc([N+](=O)[O-])c1.CC(C)(C)OC(=O)Nc1c(C(=O)O)ccnc1Cl.O=[N+]([O-])c1cccc(B(O)O)c1. The average molecular weight is 799 g/mol. The lowest BCUT2D eigenvalue weighted by molar-refractivity contribution is -0.385. The molecule has 6 N–H and O–H groups in total. The molecule has 0 fully saturated rings. The summed E-state index contributed by atoms with van der Waals surface area (Å²) in [5, 5.41) is 61.4. The number of benzene rings is 2. The molecule has 4 aromatic rings. The number of hydrogen-bond acceptors (Lipinski definition) is 14. The van der Waals surface area contributed by atoms with Gasteiger partial charge in [0.1, 0.15) is 11.2 Å². The van der Waals surface area contributed by atoms with E-state index in [-0.39, 0.29) is 55.7 Å². The molecule has 0 aliphatic carbocycles. The first-order valence-electron chi connectivity index (χ1n) is 15.9. The maximum absolute atomic E-state index is 12.1. The van der Waals surface area contributed by atoms with Crippen LogP contribution in [0.2, 0.25) is 5.15 Å². The molecule has 22 heteroatoms. The molecule has 0 bridgehead atoms. The Labute approximate surface area is 323 Å². The minimum Gasteiger partial charge on any atom is -0.478 e. The Morgan fingerprint density at radius 3 is 1.62 bits per heavy atom. The molecular weight excluding hydrogens is 763 g/mol. The molecule has 2 amide bonds. The van der Waals surface area contributed by atoms with Crippen LogP contribution in [0.25, 0.3) is 11.3 Å². The van der Waals surface area contributed by atoms with Gasteiger partial charge in [-0.3, -0.25) is 35.8 Å². The fourth-order valence-corrected chi connectivity index (χ4v) is 4.30. The number of nitrogens with zero attached hydrogens (tertiary/aromatic N) is 4. The third-order valence-corrected chi connectivity index (χ3v) is 6.56. The number of nitro groups is 2. The minimum atomic E-state index is -1.66. The van der Waals surface area contributed by atoms with Gasteiger partial charge < -0.3 is 29.7 Å². The highest BCUT2D eigenvalue weighted by molar-refractivity contribution is 6.58. The Hall–Kier alpha value is -6.71. The number of pyridine rings is 2. The number of anilines is 2. The summed E-state index contributed by atoms with van der Waals surface area (Å²) in [5.41, 5.74) is -1.89. The molecule has 20 nitrogen and oxygen atoms in total. The maximum atomic E-state index is 12.1. The van der Waals surface area contributed by atoms with Gasteiger partial charge in [-0.15, -0.1) is 0 Å². The van der Waals surface area contributed by atoms with Crippen molar-refractivity contribution in [2.75, 3.05) is 10.6 Å². The van der Waals surface area contributed by atoms with E-state index >= 15 is 0 Å². The highest BCUT2D eigenvalue weighted by Crippen LogP contribution is 2.32. The fourth-order valence-electron chi connectivity index (χ4n) is 4.10. The number of hydrogen-bond donors (Lipinski definition) is 6. The number of nitro benzene ring substituents is 2. The number of aromatic nitrogens is 2. The monoisotopic (exact) mass is 798 g/mol. The minimum absolute atomic E-state index is 0.0825. The molecule has 2 aromatic carbocycles. The van der Waals surface area contributed by atoms with Crippen LogP contribution in [0.1, 0.15) is 62.3 Å². The number of carbonyl (C=O) groups is 4. The predicted molar refractivity (Wildman–Crippen MR) is 202 cm³/mol. The Bertz CT molecular complexity index is 2100. The van der Waals surface area contributed by atoms with Crippen molar-refractivity contribution < 1.29 is 58.8 Å². The summed E-state index contributed by atoms with van der Waals surface area (Å²) in [4.78, 5) is 73.9. The largest absolute Gasteiger partial charge is 0.488 e. The summed E-state index contributed by atoms with van der Waals surface area (Å²) in [6.07, 6.45) is 0.837. The van der Waals surface area contributed by atoms with Gasteiger partial charge >= 0.3 is 31.2 Å². The second-order valence-corrected chi connectivity index (χ2v) is 13.4. The number of amides is 2. The van der Waals surface area contributed by atoms with E-state index in [1.54, 1.807) is 41.5 Å². The van der Waals surface area contributed by atoms with E-state index in [1.165, 1.54) is 67.0 Å². The molecule has 4 rings (SSSR count). The maximum Gasteiger partial charge on any atom is 0.488 e. The van der Waals surface area contributed by atoms with Crippen molar-refractivity contribution in [1.82, 2.24) is 9.97 Å². The van der Waals surface area contributed by atoms with E-state index in [1.807, 2.05) is 0 Å². The lowest BCUT2D eigenvalue weighted by Gasteiger charge is -2.21. The van der Waals surface area contributed by atoms with Crippen LogP contribution in [0.5, 0.6) is 0 Å². The van der Waals surface area contributed by atoms with Crippen LogP contribution in [0.15, 0.2) is 73.1 Å². The van der Waals surface area contributed by atoms with Crippen LogP contribution in [-0.2, 0) is 9.47 Å². The van der Waals surface area contributed by atoms with E-state index in [9.17, 15) is 44.5 Å². The zero-order chi connectivity index (χ0) is 42.5. The smallest absolute Gasteiger partial charge is 0.478 e. The molecule has 2 heterocycles. The summed E-state index contributed by atoms with van der Waals surface area (Å²) in [5.74, 6) is -2.50. The van der Waals surface area contributed by atoms with E-state index in [0.29, 0.717) is 0 Å². The van der Waals surface area contributed by atoms with Crippen molar-refractivity contribution in [1.29, 1.82) is 0 Å². The first kappa shape index (κ1) is 45.5. The van der Waals surface area contributed by atoms with Gasteiger partial charge in [-0.2, -0.15) is 0 Å². The van der Waals surface area contributed by atoms with E-state index in [4.69, 9.17) is 36.2 Å². The number of aromatic carboxylic acids is 2. The average Bonchev–Trinajstić information content (AvgIpc) is 3.08. The Morgan fingerprint density at radius 2 is 1.16 bits per heavy atom. The second-order valence-electron chi connectivity index (χ2n) is 13.0. The zero-order valence-corrected chi connectivity index (χ0v) is 31.3. The summed E-state index contributed by atoms with van der Waals surface area (Å²) in [6, 6.07) is 13.2. The Balaban J connectivity index is 0.000000313. The van der Waals surface area contributed by atoms with Crippen molar-refractivity contribution in [3.63, 3.8) is 0 Å². The van der Waals surface area contributed by atoms with Gasteiger partial charge in [0, 0.05) is 42.2 Å². The summed E-state index contributed by atoms with van der Waals surface area (Å²) >= 11 is 5.74. The summed E-state index contributed by atoms with van der Waals surface area (Å²) in [7, 11) is -1.66. The van der Waals surface area contributed by atoms with E-state index < -0.39 is 52.3 Å². The first-order valence-corrected chi connectivity index (χ1v) is 16.2. The molecule has 0 radical (unpaired) electrons. The summed E-state index contributed by atoms with van der Waals surface area (Å²) < 4.78 is 10.2. The van der Waals surface area contributed by atoms with E-state index in [0.717, 1.165) is 6.07 Å². The quantitative estimate of drug-likeness (QED) is 0.0534. The van der Waals surface area contributed by atoms with Gasteiger partial charge in [-0.1, -0.05) is 35.9 Å². The van der Waals surface area contributed by atoms with Crippen LogP contribution in [-0.4, -0.2) is 82.5 Å². The van der Waals surface area contributed by atoms with Crippen LogP contribution in [0, 0.1) is 20.2 Å². The summed E-state index contributed by atoms with van der Waals surface area (Å²) in [6.45, 7) is 10.1. The number of rotatable bonds is 8. The highest BCUT2D eigenvalue weighted by Gasteiger charge is 2.24. The number of carboxylic acid groups (broad SMARTS) is 2. The van der Waals surface area contributed by atoms with Gasteiger partial charge in [0.05, 0.1) is 38.0 Å². The number of non-ortho nitro benzene ring substituents is 2. The molecule has 56 heavy (non-hydrogen) atoms. The molecule has 0 unspecified atom stereocenters. The van der Waals surface area contributed by atoms with Crippen molar-refractivity contribution in [2.45, 2.75) is 52.7 Å². The number of carbonyl (C=O) groups excluding carboxylic acids is 2. The molecule has 0 spiro atoms. The first-order chi connectivity index (χ1) is 25.9. The fraction of sp³-hybridized carbons (Fsp3) is 0.235. The predicted octanol–water partition coefficient (Wildman–Crippen LogP) is 5.76. The Morgan fingerprint density at radius 1 is 0.714 bits per heavy atom. The third-order valence-electron chi connectivity index (χ3n) is 6.28. The standard InChI is InChI=1S/C17H17N3O6.C11H13ClN2O4.C6H6BNO4/c1-17(2,3)26-16(23)19-14-12(15(21)22)7-8-18-13(14)10-5-4-6-11(9-10)20(24)25;1-11(2,3)18-10(17)14-7-6(9(15)16)4-5-13-8(7)12;9-7(10)5-2-1-3-6(4-5)8(11)12/h4-9H,1-3H3,(H,19,23)(H,21,22);4-5H,1-3H3,(H,14,17)(H,15,16);1-4,9-10H. The van der Waals surface area contributed by atoms with Crippen molar-refractivity contribution >= 4 is 71.1 Å². The molecule has 0 aliphatic rings. The zero-order valence-electron chi connectivity index (χ0n) is 30.5. The lowest BCUT2D eigenvalue weighted by atomic mass is 9.80. The molecule has 296 valence electrons. The molecule has 0 atom stereocenters. The Kier molecular flexibility index (Phi) is 15.9. The highest BCUT2D eigenvalue weighted by atomic mass is 35.5. The van der Waals surface area contributed by atoms with Gasteiger partial charge in [0.2, 0.25) is 0 Å². The molecule has 0 saturated carbocycles. The van der Waals surface area contributed by atoms with Gasteiger partial charge in [0.25, 0.3) is 11.4 Å². The normalized spacial score (nSPS) is 10.6. The number of ether oxygens (including phenoxy) is 2. The topological polar surface area (TPSA) is 304 Å². The van der Waals surface area contributed by atoms with Crippen LogP contribution in [0.4, 0.5) is 32.3 Å². The van der Waals surface area contributed by atoms with Gasteiger partial charge in [-0.25, -0.2) is 24.2 Å². The van der Waals surface area contributed by atoms with E-state index in [2.05, 4.69) is 20.6 Å². The van der Waals surface area contributed by atoms with Crippen LogP contribution < -0.4 is 16.1 Å². The second kappa shape index (κ2) is 19.6. The number of halogens is 1.